The molecule has 1 unspecified atom stereocenters. The molecule has 1 saturated heterocycles. The third kappa shape index (κ3) is 4.93. The highest BCUT2D eigenvalue weighted by atomic mass is 16.5. The number of hydrogen-bond acceptors (Lipinski definition) is 9. The molecule has 196 valence electrons. The van der Waals surface area contributed by atoms with E-state index in [-0.39, 0.29) is 17.4 Å². The van der Waals surface area contributed by atoms with Crippen LogP contribution in [0.2, 0.25) is 0 Å². The maximum absolute atomic E-state index is 13.9. The number of benzene rings is 1. The van der Waals surface area contributed by atoms with Crippen LogP contribution < -0.4 is 25.0 Å². The number of carboxylic acids is 1. The van der Waals surface area contributed by atoms with Crippen molar-refractivity contribution >= 4 is 40.4 Å². The van der Waals surface area contributed by atoms with Gasteiger partial charge >= 0.3 is 5.97 Å². The number of carbonyl (C=O) groups excluding carboxylic acids is 1. The Morgan fingerprint density at radius 2 is 1.95 bits per heavy atom. The topological polar surface area (TPSA) is 143 Å². The van der Waals surface area contributed by atoms with Gasteiger partial charge in [0.15, 0.2) is 11.4 Å². The average molecular weight is 518 g/mol. The minimum absolute atomic E-state index is 0.102. The maximum atomic E-state index is 13.9. The van der Waals surface area contributed by atoms with Crippen LogP contribution in [-0.4, -0.2) is 63.9 Å². The number of aromatic carboxylic acids is 1. The van der Waals surface area contributed by atoms with Crippen molar-refractivity contribution in [2.24, 2.45) is 5.92 Å². The van der Waals surface area contributed by atoms with Gasteiger partial charge in [-0.25, -0.2) is 14.3 Å². The Hall–Kier alpha value is -4.71. The van der Waals surface area contributed by atoms with E-state index in [0.29, 0.717) is 46.7 Å². The molecule has 0 radical (unpaired) electrons. The lowest BCUT2D eigenvalue weighted by Gasteiger charge is -2.30. The fourth-order valence-electron chi connectivity index (χ4n) is 4.47. The number of nitrogens with zero attached hydrogens (tertiary/aromatic N) is 5. The van der Waals surface area contributed by atoms with E-state index in [1.807, 2.05) is 0 Å². The predicted octanol–water partition coefficient (Wildman–Crippen LogP) is 3.25. The lowest BCUT2D eigenvalue weighted by atomic mass is 9.97. The summed E-state index contributed by atoms with van der Waals surface area (Å²) in [6.07, 6.45) is 4.78. The largest absolute Gasteiger partial charge is 0.491 e. The fraction of sp³-hybridized carbons (Fsp3) is 0.269. The molecule has 4 heterocycles. The van der Waals surface area contributed by atoms with Crippen LogP contribution in [0.4, 0.5) is 22.9 Å². The van der Waals surface area contributed by atoms with E-state index in [1.54, 1.807) is 45.9 Å². The van der Waals surface area contributed by atoms with Gasteiger partial charge in [-0.15, -0.1) is 0 Å². The first-order chi connectivity index (χ1) is 18.5. The Kier molecular flexibility index (Phi) is 7.05. The Bertz CT molecular complexity index is 1460. The van der Waals surface area contributed by atoms with Crippen LogP contribution in [0.5, 0.6) is 11.6 Å². The summed E-state index contributed by atoms with van der Waals surface area (Å²) in [6, 6.07) is 11.5. The molecule has 38 heavy (non-hydrogen) atoms. The molecule has 5 rings (SSSR count). The molecule has 3 N–H and O–H groups in total. The Morgan fingerprint density at radius 3 is 2.63 bits per heavy atom. The third-order valence-corrected chi connectivity index (χ3v) is 6.36. The normalized spacial score (nSPS) is 15.2. The molecule has 1 aliphatic heterocycles. The van der Waals surface area contributed by atoms with Gasteiger partial charge in [0.25, 0.3) is 5.88 Å². The average Bonchev–Trinajstić information content (AvgIpc) is 3.43. The number of carbonyl (C=O) groups is 2. The molecular weight excluding hydrogens is 490 g/mol. The number of fused-ring (bicyclic) bond motifs is 1. The van der Waals surface area contributed by atoms with E-state index in [4.69, 9.17) is 9.47 Å². The summed E-state index contributed by atoms with van der Waals surface area (Å²) in [7, 11) is 3.04. The molecule has 1 amide bonds. The number of pyridine rings is 2. The van der Waals surface area contributed by atoms with Gasteiger partial charge in [0.2, 0.25) is 5.91 Å². The highest BCUT2D eigenvalue weighted by Crippen LogP contribution is 2.34. The van der Waals surface area contributed by atoms with E-state index < -0.39 is 5.97 Å². The number of piperidine rings is 1. The number of nitrogens with one attached hydrogen (secondary N) is 2. The molecule has 12 heteroatoms. The second-order valence-corrected chi connectivity index (χ2v) is 8.74. The quantitative estimate of drug-likeness (QED) is 0.319. The highest BCUT2D eigenvalue weighted by molar-refractivity contribution is 6.03. The molecule has 1 aliphatic rings. The first-order valence-corrected chi connectivity index (χ1v) is 12.1. The van der Waals surface area contributed by atoms with E-state index in [9.17, 15) is 14.7 Å². The zero-order chi connectivity index (χ0) is 26.6. The summed E-state index contributed by atoms with van der Waals surface area (Å²) in [5.74, 6) is -0.102. The second kappa shape index (κ2) is 10.7. The van der Waals surface area contributed by atoms with Crippen molar-refractivity contribution in [3.8, 4) is 11.6 Å². The summed E-state index contributed by atoms with van der Waals surface area (Å²) < 4.78 is 12.2. The predicted molar refractivity (Wildman–Crippen MR) is 140 cm³/mol. The number of hydrogen-bond donors (Lipinski definition) is 3. The van der Waals surface area contributed by atoms with Crippen LogP contribution in [0.15, 0.2) is 55.0 Å². The summed E-state index contributed by atoms with van der Waals surface area (Å²) in [4.78, 5) is 35.7. The SMILES string of the molecule is COc1ccc(Nc2cc(N(C(=O)C3CCCNC3)c3ccc(C(=O)O)cc3)cn3ncnc23)nc1OC. The van der Waals surface area contributed by atoms with Gasteiger partial charge in [-0.3, -0.25) is 9.69 Å². The number of amides is 1. The molecule has 0 bridgehead atoms. The van der Waals surface area contributed by atoms with Crippen molar-refractivity contribution < 1.29 is 24.2 Å². The van der Waals surface area contributed by atoms with Crippen LogP contribution in [0.3, 0.4) is 0 Å². The van der Waals surface area contributed by atoms with Crippen LogP contribution in [0, 0.1) is 5.92 Å². The van der Waals surface area contributed by atoms with Crippen molar-refractivity contribution in [2.75, 3.05) is 37.5 Å². The number of anilines is 4. The molecule has 1 atom stereocenters. The Morgan fingerprint density at radius 1 is 1.13 bits per heavy atom. The van der Waals surface area contributed by atoms with Crippen molar-refractivity contribution in [1.29, 1.82) is 0 Å². The number of carboxylic acid groups (broad SMARTS) is 1. The van der Waals surface area contributed by atoms with E-state index in [1.165, 1.54) is 32.7 Å². The van der Waals surface area contributed by atoms with Gasteiger partial charge in [-0.1, -0.05) is 0 Å². The van der Waals surface area contributed by atoms with Crippen LogP contribution in [0.1, 0.15) is 23.2 Å². The number of ether oxygens (including phenoxy) is 2. The van der Waals surface area contributed by atoms with Crippen molar-refractivity contribution in [3.05, 3.63) is 60.6 Å². The summed E-state index contributed by atoms with van der Waals surface area (Å²) in [6.45, 7) is 1.43. The van der Waals surface area contributed by atoms with E-state index >= 15 is 0 Å². The third-order valence-electron chi connectivity index (χ3n) is 6.36. The number of rotatable bonds is 8. The smallest absolute Gasteiger partial charge is 0.335 e. The standard InChI is InChI=1S/C26H27N7O5/c1-37-21-9-10-22(31-24(21)38-2)30-20-12-19(14-32-23(20)28-15-29-32)33(25(34)17-4-3-11-27-13-17)18-7-5-16(6-8-18)26(35)36/h5-10,12,14-15,17,27H,3-4,11,13H2,1-2H3,(H,30,31)(H,35,36). The molecule has 3 aromatic heterocycles. The zero-order valence-electron chi connectivity index (χ0n) is 20.9. The molecule has 0 aliphatic carbocycles. The number of methoxy groups -OCH3 is 2. The van der Waals surface area contributed by atoms with Crippen LogP contribution >= 0.6 is 0 Å². The second-order valence-electron chi connectivity index (χ2n) is 8.74. The van der Waals surface area contributed by atoms with Gasteiger partial charge in [0, 0.05) is 12.2 Å². The van der Waals surface area contributed by atoms with Gasteiger partial charge in [0.1, 0.15) is 12.1 Å². The molecule has 0 spiro atoms. The van der Waals surface area contributed by atoms with E-state index in [2.05, 4.69) is 25.7 Å². The zero-order valence-corrected chi connectivity index (χ0v) is 20.9. The first kappa shape index (κ1) is 25.0. The Labute approximate surface area is 218 Å². The minimum atomic E-state index is -1.04. The Balaban J connectivity index is 1.59. The summed E-state index contributed by atoms with van der Waals surface area (Å²) >= 11 is 0. The van der Waals surface area contributed by atoms with Gasteiger partial charge in [0.05, 0.1) is 43.3 Å². The van der Waals surface area contributed by atoms with Gasteiger partial charge in [-0.05, 0) is 61.9 Å². The lowest BCUT2D eigenvalue weighted by molar-refractivity contribution is -0.122. The minimum Gasteiger partial charge on any atom is -0.491 e. The molecular formula is C26H27N7O5. The molecule has 12 nitrogen and oxygen atoms in total. The molecule has 1 aromatic carbocycles. The van der Waals surface area contributed by atoms with Crippen molar-refractivity contribution in [2.45, 2.75) is 12.8 Å². The lowest BCUT2D eigenvalue weighted by Crippen LogP contribution is -2.41. The fourth-order valence-corrected chi connectivity index (χ4v) is 4.47. The molecule has 0 saturated carbocycles. The van der Waals surface area contributed by atoms with Crippen LogP contribution in [0.25, 0.3) is 5.65 Å². The monoisotopic (exact) mass is 517 g/mol. The number of aromatic nitrogens is 4. The van der Waals surface area contributed by atoms with Crippen molar-refractivity contribution in [3.63, 3.8) is 0 Å². The van der Waals surface area contributed by atoms with E-state index in [0.717, 1.165) is 19.4 Å². The summed E-state index contributed by atoms with van der Waals surface area (Å²) in [5, 5.41) is 20.2. The van der Waals surface area contributed by atoms with Gasteiger partial charge in [-0.2, -0.15) is 10.1 Å². The molecule has 1 fully saturated rings. The maximum Gasteiger partial charge on any atom is 0.335 e. The first-order valence-electron chi connectivity index (χ1n) is 12.1. The summed E-state index contributed by atoms with van der Waals surface area (Å²) in [5.41, 5.74) is 2.29. The van der Waals surface area contributed by atoms with Crippen LogP contribution in [-0.2, 0) is 4.79 Å². The highest BCUT2D eigenvalue weighted by Gasteiger charge is 2.29. The molecule has 4 aromatic rings. The van der Waals surface area contributed by atoms with Crippen molar-refractivity contribution in [1.82, 2.24) is 24.9 Å². The van der Waals surface area contributed by atoms with Gasteiger partial charge < -0.3 is 25.2 Å².